The van der Waals surface area contributed by atoms with Crippen LogP contribution in [0.5, 0.6) is 5.75 Å². The lowest BCUT2D eigenvalue weighted by Crippen LogP contribution is -2.38. The Labute approximate surface area is 118 Å². The van der Waals surface area contributed by atoms with Gasteiger partial charge in [0, 0.05) is 10.0 Å². The molecule has 2 rings (SSSR count). The summed E-state index contributed by atoms with van der Waals surface area (Å²) >= 11 is 3.56. The summed E-state index contributed by atoms with van der Waals surface area (Å²) in [5.41, 5.74) is 1.53. The lowest BCUT2D eigenvalue weighted by atomic mass is 9.91. The average Bonchev–Trinajstić information content (AvgIpc) is 2.75. The number of hydrogen-bond acceptors (Lipinski definition) is 2. The number of nitrogens with one attached hydrogen (secondary N) is 1. The highest BCUT2D eigenvalue weighted by Crippen LogP contribution is 2.30. The van der Waals surface area contributed by atoms with E-state index in [0.29, 0.717) is 0 Å². The lowest BCUT2D eigenvalue weighted by Gasteiger charge is -2.25. The quantitative estimate of drug-likeness (QED) is 0.890. The minimum Gasteiger partial charge on any atom is -0.493 e. The van der Waals surface area contributed by atoms with Crippen molar-refractivity contribution in [3.05, 3.63) is 28.2 Å². The molecule has 0 aliphatic carbocycles. The van der Waals surface area contributed by atoms with Gasteiger partial charge in [-0.15, -0.1) is 0 Å². The third-order valence-electron chi connectivity index (χ3n) is 3.52. The standard InChI is InChI=1S/C15H22BrNO/c1-3-9-18-14-6-5-13(16)10-12(14)11-15(2)7-4-8-17-15/h5-6,10,17H,3-4,7-9,11H2,1-2H3. The first-order valence-corrected chi connectivity index (χ1v) is 7.58. The first-order valence-electron chi connectivity index (χ1n) is 6.79. The molecule has 1 unspecified atom stereocenters. The van der Waals surface area contributed by atoms with Crippen molar-refractivity contribution in [2.24, 2.45) is 0 Å². The number of rotatable bonds is 5. The minimum atomic E-state index is 0.227. The van der Waals surface area contributed by atoms with Crippen LogP contribution in [0.1, 0.15) is 38.7 Å². The number of benzene rings is 1. The highest BCUT2D eigenvalue weighted by molar-refractivity contribution is 9.10. The summed E-state index contributed by atoms with van der Waals surface area (Å²) in [5.74, 6) is 1.04. The van der Waals surface area contributed by atoms with Gasteiger partial charge in [-0.1, -0.05) is 22.9 Å². The van der Waals surface area contributed by atoms with Gasteiger partial charge in [0.15, 0.2) is 0 Å². The van der Waals surface area contributed by atoms with Crippen LogP contribution in [0.3, 0.4) is 0 Å². The largest absolute Gasteiger partial charge is 0.493 e. The minimum absolute atomic E-state index is 0.227. The Bertz CT molecular complexity index is 399. The van der Waals surface area contributed by atoms with Gasteiger partial charge in [-0.3, -0.25) is 0 Å². The first-order chi connectivity index (χ1) is 8.63. The highest BCUT2D eigenvalue weighted by atomic mass is 79.9. The molecule has 0 spiro atoms. The summed E-state index contributed by atoms with van der Waals surface area (Å²) in [6.45, 7) is 6.37. The molecule has 1 saturated heterocycles. The van der Waals surface area contributed by atoms with Crippen molar-refractivity contribution < 1.29 is 4.74 Å². The van der Waals surface area contributed by atoms with Crippen LogP contribution in [0, 0.1) is 0 Å². The Morgan fingerprint density at radius 3 is 2.94 bits per heavy atom. The fraction of sp³-hybridized carbons (Fsp3) is 0.600. The van der Waals surface area contributed by atoms with Gasteiger partial charge in [-0.25, -0.2) is 0 Å². The van der Waals surface area contributed by atoms with E-state index in [4.69, 9.17) is 4.74 Å². The van der Waals surface area contributed by atoms with Gasteiger partial charge in [-0.05, 0) is 62.9 Å². The Morgan fingerprint density at radius 1 is 1.44 bits per heavy atom. The van der Waals surface area contributed by atoms with Crippen molar-refractivity contribution in [1.29, 1.82) is 0 Å². The van der Waals surface area contributed by atoms with Crippen LogP contribution in [0.25, 0.3) is 0 Å². The Hall–Kier alpha value is -0.540. The van der Waals surface area contributed by atoms with Crippen LogP contribution in [-0.4, -0.2) is 18.7 Å². The summed E-state index contributed by atoms with van der Waals surface area (Å²) in [6, 6.07) is 6.32. The topological polar surface area (TPSA) is 21.3 Å². The summed E-state index contributed by atoms with van der Waals surface area (Å²) in [5, 5.41) is 3.61. The normalized spacial score (nSPS) is 23.3. The molecule has 1 aromatic carbocycles. The van der Waals surface area contributed by atoms with Gasteiger partial charge >= 0.3 is 0 Å². The van der Waals surface area contributed by atoms with E-state index in [1.807, 2.05) is 0 Å². The zero-order chi connectivity index (χ0) is 13.0. The van der Waals surface area contributed by atoms with E-state index in [1.54, 1.807) is 0 Å². The van der Waals surface area contributed by atoms with Gasteiger partial charge < -0.3 is 10.1 Å². The summed E-state index contributed by atoms with van der Waals surface area (Å²) in [6.07, 6.45) is 4.60. The van der Waals surface area contributed by atoms with Crippen LogP contribution in [0.15, 0.2) is 22.7 Å². The van der Waals surface area contributed by atoms with Crippen molar-refractivity contribution in [2.45, 2.75) is 45.1 Å². The van der Waals surface area contributed by atoms with Gasteiger partial charge in [0.05, 0.1) is 6.61 Å². The van der Waals surface area contributed by atoms with Crippen LogP contribution in [-0.2, 0) is 6.42 Å². The molecular formula is C15H22BrNO. The molecule has 2 nitrogen and oxygen atoms in total. The van der Waals surface area contributed by atoms with Crippen molar-refractivity contribution in [1.82, 2.24) is 5.32 Å². The van der Waals surface area contributed by atoms with Crippen LogP contribution in [0.2, 0.25) is 0 Å². The average molecular weight is 312 g/mol. The Morgan fingerprint density at radius 2 is 2.28 bits per heavy atom. The summed E-state index contributed by atoms with van der Waals surface area (Å²) in [4.78, 5) is 0. The molecule has 0 amide bonds. The zero-order valence-corrected chi connectivity index (χ0v) is 12.8. The van der Waals surface area contributed by atoms with Crippen LogP contribution >= 0.6 is 15.9 Å². The van der Waals surface area contributed by atoms with E-state index in [2.05, 4.69) is 53.3 Å². The molecule has 0 bridgehead atoms. The Balaban J connectivity index is 2.16. The first kappa shape index (κ1) is 13.9. The smallest absolute Gasteiger partial charge is 0.122 e. The zero-order valence-electron chi connectivity index (χ0n) is 11.3. The van der Waals surface area contributed by atoms with E-state index >= 15 is 0 Å². The van der Waals surface area contributed by atoms with E-state index in [1.165, 1.54) is 18.4 Å². The van der Waals surface area contributed by atoms with Crippen molar-refractivity contribution in [3.63, 3.8) is 0 Å². The Kier molecular flexibility index (Phi) is 4.68. The molecule has 0 saturated carbocycles. The highest BCUT2D eigenvalue weighted by Gasteiger charge is 2.29. The van der Waals surface area contributed by atoms with Gasteiger partial charge in [0.2, 0.25) is 0 Å². The predicted molar refractivity (Wildman–Crippen MR) is 79.3 cm³/mol. The molecule has 0 radical (unpaired) electrons. The second kappa shape index (κ2) is 6.07. The summed E-state index contributed by atoms with van der Waals surface area (Å²) in [7, 11) is 0. The molecule has 1 aliphatic heterocycles. The SMILES string of the molecule is CCCOc1ccc(Br)cc1CC1(C)CCCN1. The molecule has 1 aromatic rings. The monoisotopic (exact) mass is 311 g/mol. The molecule has 1 aliphatic rings. The second-order valence-electron chi connectivity index (χ2n) is 5.37. The number of ether oxygens (including phenoxy) is 1. The number of hydrogen-bond donors (Lipinski definition) is 1. The van der Waals surface area contributed by atoms with Crippen LogP contribution < -0.4 is 10.1 Å². The van der Waals surface area contributed by atoms with Crippen LogP contribution in [0.4, 0.5) is 0 Å². The van der Waals surface area contributed by atoms with Gasteiger partial charge in [-0.2, -0.15) is 0 Å². The maximum absolute atomic E-state index is 5.85. The fourth-order valence-electron chi connectivity index (χ4n) is 2.57. The van der Waals surface area contributed by atoms with Gasteiger partial charge in [0.1, 0.15) is 5.75 Å². The fourth-order valence-corrected chi connectivity index (χ4v) is 2.98. The van der Waals surface area contributed by atoms with E-state index in [0.717, 1.165) is 36.2 Å². The van der Waals surface area contributed by atoms with Crippen molar-refractivity contribution >= 4 is 15.9 Å². The second-order valence-corrected chi connectivity index (χ2v) is 6.28. The van der Waals surface area contributed by atoms with E-state index < -0.39 is 0 Å². The van der Waals surface area contributed by atoms with E-state index in [-0.39, 0.29) is 5.54 Å². The number of halogens is 1. The summed E-state index contributed by atoms with van der Waals surface area (Å²) < 4.78 is 6.98. The maximum atomic E-state index is 5.85. The van der Waals surface area contributed by atoms with E-state index in [9.17, 15) is 0 Å². The molecule has 18 heavy (non-hydrogen) atoms. The van der Waals surface area contributed by atoms with Crippen molar-refractivity contribution in [3.8, 4) is 5.75 Å². The molecular weight excluding hydrogens is 290 g/mol. The van der Waals surface area contributed by atoms with Gasteiger partial charge in [0.25, 0.3) is 0 Å². The maximum Gasteiger partial charge on any atom is 0.122 e. The third kappa shape index (κ3) is 3.48. The molecule has 1 heterocycles. The van der Waals surface area contributed by atoms with Crippen molar-refractivity contribution in [2.75, 3.05) is 13.2 Å². The molecule has 100 valence electrons. The molecule has 1 N–H and O–H groups in total. The molecule has 1 fully saturated rings. The predicted octanol–water partition coefficient (Wildman–Crippen LogP) is 3.92. The molecule has 1 atom stereocenters. The molecule has 3 heteroatoms. The third-order valence-corrected chi connectivity index (χ3v) is 4.02. The molecule has 0 aromatic heterocycles. The lowest BCUT2D eigenvalue weighted by molar-refractivity contribution is 0.309.